The Balaban J connectivity index is 1.66. The topological polar surface area (TPSA) is 59.4 Å². The minimum absolute atomic E-state index is 0.313. The van der Waals surface area contributed by atoms with Gasteiger partial charge in [0.1, 0.15) is 12.1 Å². The second kappa shape index (κ2) is 6.95. The Hall–Kier alpha value is -3.42. The van der Waals surface area contributed by atoms with Gasteiger partial charge in [0.25, 0.3) is 0 Å². The molecule has 0 saturated carbocycles. The van der Waals surface area contributed by atoms with Gasteiger partial charge in [0.2, 0.25) is 0 Å². The third kappa shape index (κ3) is 3.53. The Labute approximate surface area is 158 Å². The van der Waals surface area contributed by atoms with E-state index >= 15 is 0 Å². The van der Waals surface area contributed by atoms with Gasteiger partial charge in [0.05, 0.1) is 24.1 Å². The maximum absolute atomic E-state index is 13.0. The molecule has 0 radical (unpaired) electrons. The fourth-order valence-electron chi connectivity index (χ4n) is 3.01. The van der Waals surface area contributed by atoms with Gasteiger partial charge in [-0.15, -0.1) is 0 Å². The fraction of sp³-hybridized carbons (Fsp3) is 0.150. The van der Waals surface area contributed by atoms with Crippen LogP contribution in [0, 0.1) is 0 Å². The molecule has 0 amide bonds. The van der Waals surface area contributed by atoms with Crippen LogP contribution in [0.2, 0.25) is 0 Å². The molecule has 1 aliphatic heterocycles. The van der Waals surface area contributed by atoms with E-state index in [0.717, 1.165) is 29.0 Å². The summed E-state index contributed by atoms with van der Waals surface area (Å²) in [4.78, 5) is 12.7. The Kier molecular flexibility index (Phi) is 4.46. The van der Waals surface area contributed by atoms with E-state index in [2.05, 4.69) is 20.3 Å². The summed E-state index contributed by atoms with van der Waals surface area (Å²) in [5.41, 5.74) is 2.71. The summed E-state index contributed by atoms with van der Waals surface area (Å²) in [5.74, 6) is 1.14. The molecule has 1 aromatic heterocycles. The largest absolute Gasteiger partial charge is 0.495 e. The number of benzene rings is 2. The number of hydrogen-bond acceptors (Lipinski definition) is 5. The van der Waals surface area contributed by atoms with Crippen LogP contribution in [-0.4, -0.2) is 22.8 Å². The molecule has 1 aliphatic rings. The summed E-state index contributed by atoms with van der Waals surface area (Å²) in [7, 11) is 1.50. The first kappa shape index (κ1) is 18.0. The van der Waals surface area contributed by atoms with Gasteiger partial charge in [-0.2, -0.15) is 13.2 Å². The molecule has 2 heterocycles. The number of aliphatic imine (C=N–C) groups is 1. The molecule has 0 saturated heterocycles. The van der Waals surface area contributed by atoms with E-state index in [4.69, 9.17) is 4.74 Å². The molecule has 0 spiro atoms. The van der Waals surface area contributed by atoms with Crippen molar-refractivity contribution < 1.29 is 17.9 Å². The highest BCUT2D eigenvalue weighted by Gasteiger charge is 2.30. The zero-order chi connectivity index (χ0) is 19.7. The van der Waals surface area contributed by atoms with Crippen molar-refractivity contribution in [2.45, 2.75) is 12.6 Å². The van der Waals surface area contributed by atoms with Crippen LogP contribution >= 0.6 is 0 Å². The van der Waals surface area contributed by atoms with Crippen molar-refractivity contribution in [3.63, 3.8) is 0 Å². The number of alkyl halides is 3. The minimum atomic E-state index is -4.41. The van der Waals surface area contributed by atoms with Gasteiger partial charge < -0.3 is 10.1 Å². The van der Waals surface area contributed by atoms with Crippen LogP contribution < -0.4 is 10.1 Å². The van der Waals surface area contributed by atoms with Crippen LogP contribution in [0.15, 0.2) is 60.0 Å². The highest BCUT2D eigenvalue weighted by atomic mass is 19.4. The van der Waals surface area contributed by atoms with E-state index < -0.39 is 11.7 Å². The molecule has 0 unspecified atom stereocenters. The van der Waals surface area contributed by atoms with Gasteiger partial charge in [-0.3, -0.25) is 0 Å². The van der Waals surface area contributed by atoms with Crippen molar-refractivity contribution in [1.29, 1.82) is 0 Å². The van der Waals surface area contributed by atoms with Crippen molar-refractivity contribution in [2.24, 2.45) is 4.99 Å². The average molecular weight is 384 g/mol. The standard InChI is InChI=1S/C20H15F3N4O/c1-28-18-6-5-12(16-8-13-10-24-11-25-19(13)27-16)7-17(18)26-15-4-2-3-14(9-15)20(21,22)23/h2-7,9-11,26H,8H2,1H3. The van der Waals surface area contributed by atoms with Crippen LogP contribution in [0.25, 0.3) is 0 Å². The molecular weight excluding hydrogens is 369 g/mol. The minimum Gasteiger partial charge on any atom is -0.495 e. The summed E-state index contributed by atoms with van der Waals surface area (Å²) in [6.07, 6.45) is -0.648. The molecule has 28 heavy (non-hydrogen) atoms. The van der Waals surface area contributed by atoms with Gasteiger partial charge in [0, 0.05) is 23.9 Å². The fourth-order valence-corrected chi connectivity index (χ4v) is 3.01. The smallest absolute Gasteiger partial charge is 0.416 e. The van der Waals surface area contributed by atoms with Crippen LogP contribution in [0.5, 0.6) is 5.75 Å². The number of halogens is 3. The Morgan fingerprint density at radius 2 is 1.96 bits per heavy atom. The van der Waals surface area contributed by atoms with Crippen molar-refractivity contribution >= 4 is 22.9 Å². The van der Waals surface area contributed by atoms with E-state index in [1.54, 1.807) is 24.4 Å². The van der Waals surface area contributed by atoms with E-state index in [0.29, 0.717) is 29.4 Å². The monoisotopic (exact) mass is 384 g/mol. The maximum Gasteiger partial charge on any atom is 0.416 e. The van der Waals surface area contributed by atoms with E-state index in [1.165, 1.54) is 19.5 Å². The molecule has 0 bridgehead atoms. The van der Waals surface area contributed by atoms with Crippen LogP contribution in [0.4, 0.5) is 30.4 Å². The Morgan fingerprint density at radius 3 is 2.71 bits per heavy atom. The number of rotatable bonds is 4. The number of nitrogens with one attached hydrogen (secondary N) is 1. The highest BCUT2D eigenvalue weighted by molar-refractivity contribution is 6.06. The second-order valence-electron chi connectivity index (χ2n) is 6.23. The number of anilines is 2. The number of aromatic nitrogens is 2. The Morgan fingerprint density at radius 1 is 1.11 bits per heavy atom. The number of hydrogen-bond donors (Lipinski definition) is 1. The molecule has 4 rings (SSSR count). The summed E-state index contributed by atoms with van der Waals surface area (Å²) in [6, 6.07) is 10.4. The van der Waals surface area contributed by atoms with E-state index in [1.807, 2.05) is 6.07 Å². The van der Waals surface area contributed by atoms with Gasteiger partial charge >= 0.3 is 6.18 Å². The summed E-state index contributed by atoms with van der Waals surface area (Å²) in [5, 5.41) is 3.01. The van der Waals surface area contributed by atoms with E-state index in [9.17, 15) is 13.2 Å². The number of ether oxygens (including phenoxy) is 1. The molecule has 1 N–H and O–H groups in total. The van der Waals surface area contributed by atoms with Crippen LogP contribution in [0.1, 0.15) is 16.7 Å². The zero-order valence-corrected chi connectivity index (χ0v) is 14.8. The van der Waals surface area contributed by atoms with Crippen LogP contribution in [0.3, 0.4) is 0 Å². The van der Waals surface area contributed by atoms with Crippen molar-refractivity contribution in [1.82, 2.24) is 9.97 Å². The first-order valence-corrected chi connectivity index (χ1v) is 8.43. The summed E-state index contributed by atoms with van der Waals surface area (Å²) in [6.45, 7) is 0. The lowest BCUT2D eigenvalue weighted by molar-refractivity contribution is -0.137. The Bertz CT molecular complexity index is 1060. The highest BCUT2D eigenvalue weighted by Crippen LogP contribution is 2.34. The first-order valence-electron chi connectivity index (χ1n) is 8.43. The lowest BCUT2D eigenvalue weighted by Crippen LogP contribution is -2.06. The van der Waals surface area contributed by atoms with Gasteiger partial charge in [-0.25, -0.2) is 15.0 Å². The predicted octanol–water partition coefficient (Wildman–Crippen LogP) is 4.92. The number of methoxy groups -OCH3 is 1. The second-order valence-corrected chi connectivity index (χ2v) is 6.23. The molecule has 0 atom stereocenters. The lowest BCUT2D eigenvalue weighted by atomic mass is 10.0. The maximum atomic E-state index is 13.0. The first-order chi connectivity index (χ1) is 13.4. The lowest BCUT2D eigenvalue weighted by Gasteiger charge is -2.14. The summed E-state index contributed by atoms with van der Waals surface area (Å²) < 4.78 is 44.3. The van der Waals surface area contributed by atoms with Gasteiger partial charge in [-0.05, 0) is 42.0 Å². The third-order valence-electron chi connectivity index (χ3n) is 4.36. The SMILES string of the molecule is COc1ccc(C2=Nc3ncncc3C2)cc1Nc1cccc(C(F)(F)F)c1. The molecule has 8 heteroatoms. The van der Waals surface area contributed by atoms with Crippen molar-refractivity contribution in [3.8, 4) is 5.75 Å². The van der Waals surface area contributed by atoms with E-state index in [-0.39, 0.29) is 0 Å². The predicted molar refractivity (Wildman–Crippen MR) is 99.7 cm³/mol. The number of fused-ring (bicyclic) bond motifs is 1. The summed E-state index contributed by atoms with van der Waals surface area (Å²) >= 11 is 0. The molecule has 0 aliphatic carbocycles. The van der Waals surface area contributed by atoms with Gasteiger partial charge in [0.15, 0.2) is 5.82 Å². The molecule has 3 aromatic rings. The average Bonchev–Trinajstić information content (AvgIpc) is 3.12. The van der Waals surface area contributed by atoms with Crippen molar-refractivity contribution in [3.05, 3.63) is 71.7 Å². The molecular formula is C20H15F3N4O. The van der Waals surface area contributed by atoms with Crippen LogP contribution in [-0.2, 0) is 12.6 Å². The van der Waals surface area contributed by atoms with Crippen molar-refractivity contribution in [2.75, 3.05) is 12.4 Å². The number of nitrogens with zero attached hydrogens (tertiary/aromatic N) is 3. The normalized spacial score (nSPS) is 13.1. The molecule has 0 fully saturated rings. The third-order valence-corrected chi connectivity index (χ3v) is 4.36. The van der Waals surface area contributed by atoms with Gasteiger partial charge in [-0.1, -0.05) is 6.07 Å². The molecule has 5 nitrogen and oxygen atoms in total. The quantitative estimate of drug-likeness (QED) is 0.693. The zero-order valence-electron chi connectivity index (χ0n) is 14.8. The molecule has 142 valence electrons. The molecule has 2 aromatic carbocycles.